The van der Waals surface area contributed by atoms with Crippen LogP contribution in [0.4, 0.5) is 5.82 Å². The van der Waals surface area contributed by atoms with Gasteiger partial charge in [0.25, 0.3) is 11.5 Å². The van der Waals surface area contributed by atoms with Crippen molar-refractivity contribution in [3.63, 3.8) is 0 Å². The molecule has 1 N–H and O–H groups in total. The first kappa shape index (κ1) is 28.5. The molecule has 0 bridgehead atoms. The number of benzene rings is 1. The number of hydrogen-bond acceptors (Lipinski definition) is 8. The molecule has 2 aromatic rings. The fraction of sp³-hybridized carbons (Fsp3) is 0.393. The summed E-state index contributed by atoms with van der Waals surface area (Å²) in [6.45, 7) is 7.45. The summed E-state index contributed by atoms with van der Waals surface area (Å²) < 4.78 is 1.84. The molecule has 3 heterocycles. The Morgan fingerprint density at radius 3 is 2.49 bits per heavy atom. The van der Waals surface area contributed by atoms with E-state index in [1.54, 1.807) is 17.6 Å². The number of unbranched alkanes of at least 4 members (excludes halogenated alkanes) is 1. The standard InChI is InChI=1S/C28H31N5O4S2/c1-3-4-10-32-25(31-13-11-30(12-14-31)17-20-8-6-5-7-9-20)21(19(2)22(16-29)26(32)36)15-23-27(37)33(18-24(34)35)28(38)39-23/h5-9,15H,3-4,10-14,17-18H2,1-2H3,(H,34,35)/b23-15-. The predicted molar refractivity (Wildman–Crippen MR) is 157 cm³/mol. The van der Waals surface area contributed by atoms with Crippen LogP contribution in [0.1, 0.15) is 42.0 Å². The Labute approximate surface area is 237 Å². The maximum atomic E-state index is 13.5. The SMILES string of the molecule is CCCCn1c(N2CCN(Cc3ccccc3)CC2)c(/C=C2\SC(=S)N(CC(=O)O)C2=O)c(C)c(C#N)c1=O. The van der Waals surface area contributed by atoms with Crippen LogP contribution >= 0.6 is 24.0 Å². The van der Waals surface area contributed by atoms with Crippen LogP contribution in [0.2, 0.25) is 0 Å². The van der Waals surface area contributed by atoms with Crippen LogP contribution in [0.5, 0.6) is 0 Å². The summed E-state index contributed by atoms with van der Waals surface area (Å²) in [7, 11) is 0. The summed E-state index contributed by atoms with van der Waals surface area (Å²) in [5.74, 6) is -0.958. The van der Waals surface area contributed by atoms with Gasteiger partial charge in [0.05, 0.1) is 4.91 Å². The normalized spacial score (nSPS) is 17.2. The van der Waals surface area contributed by atoms with Gasteiger partial charge in [-0.25, -0.2) is 0 Å². The molecule has 2 fully saturated rings. The number of carbonyl (C=O) groups excluding carboxylic acids is 1. The molecule has 0 saturated carbocycles. The minimum Gasteiger partial charge on any atom is -0.480 e. The number of pyridine rings is 1. The van der Waals surface area contributed by atoms with Crippen LogP contribution in [-0.2, 0) is 22.7 Å². The lowest BCUT2D eigenvalue weighted by atomic mass is 10.0. The smallest absolute Gasteiger partial charge is 0.323 e. The Hall–Kier alpha value is -3.46. The molecule has 1 amide bonds. The first-order valence-corrected chi connectivity index (χ1v) is 14.1. The number of aromatic nitrogens is 1. The third-order valence-electron chi connectivity index (χ3n) is 6.94. The zero-order valence-corrected chi connectivity index (χ0v) is 23.7. The van der Waals surface area contributed by atoms with Gasteiger partial charge in [0.1, 0.15) is 28.3 Å². The lowest BCUT2D eigenvalue weighted by Gasteiger charge is -2.38. The molecule has 0 aliphatic carbocycles. The third-order valence-corrected chi connectivity index (χ3v) is 8.32. The highest BCUT2D eigenvalue weighted by Crippen LogP contribution is 2.36. The van der Waals surface area contributed by atoms with E-state index >= 15 is 0 Å². The first-order chi connectivity index (χ1) is 18.7. The van der Waals surface area contributed by atoms with Crippen LogP contribution in [0.3, 0.4) is 0 Å². The summed E-state index contributed by atoms with van der Waals surface area (Å²) in [4.78, 5) is 43.7. The van der Waals surface area contributed by atoms with Crippen molar-refractivity contribution in [2.45, 2.75) is 39.8 Å². The average Bonchev–Trinajstić information content (AvgIpc) is 3.18. The number of hydrogen-bond donors (Lipinski definition) is 1. The minimum atomic E-state index is -1.15. The molecule has 39 heavy (non-hydrogen) atoms. The fourth-order valence-corrected chi connectivity index (χ4v) is 6.11. The number of rotatable bonds is 9. The summed E-state index contributed by atoms with van der Waals surface area (Å²) in [5.41, 5.74) is 2.07. The second kappa shape index (κ2) is 12.6. The average molecular weight is 566 g/mol. The summed E-state index contributed by atoms with van der Waals surface area (Å²) in [5, 5.41) is 19.1. The predicted octanol–water partition coefficient (Wildman–Crippen LogP) is 3.44. The molecule has 204 valence electrons. The minimum absolute atomic E-state index is 0.0461. The van der Waals surface area contributed by atoms with Gasteiger partial charge < -0.3 is 10.0 Å². The van der Waals surface area contributed by atoms with Gasteiger partial charge in [-0.1, -0.05) is 67.7 Å². The van der Waals surface area contributed by atoms with E-state index in [1.165, 1.54) is 5.56 Å². The number of carboxylic acids is 1. The van der Waals surface area contributed by atoms with E-state index in [9.17, 15) is 24.8 Å². The van der Waals surface area contributed by atoms with E-state index in [0.717, 1.165) is 49.1 Å². The van der Waals surface area contributed by atoms with E-state index in [4.69, 9.17) is 12.2 Å². The number of carbonyl (C=O) groups is 2. The van der Waals surface area contributed by atoms with Crippen molar-refractivity contribution >= 4 is 52.1 Å². The maximum Gasteiger partial charge on any atom is 0.323 e. The van der Waals surface area contributed by atoms with Crippen molar-refractivity contribution in [1.82, 2.24) is 14.4 Å². The van der Waals surface area contributed by atoms with Crippen molar-refractivity contribution in [3.8, 4) is 6.07 Å². The summed E-state index contributed by atoms with van der Waals surface area (Å²) >= 11 is 6.31. The van der Waals surface area contributed by atoms with E-state index < -0.39 is 18.4 Å². The molecule has 0 radical (unpaired) electrons. The molecule has 0 unspecified atom stereocenters. The van der Waals surface area contributed by atoms with E-state index in [1.807, 2.05) is 25.1 Å². The molecule has 1 aromatic heterocycles. The molecular weight excluding hydrogens is 534 g/mol. The molecular formula is C28H31N5O4S2. The van der Waals surface area contributed by atoms with Crippen molar-refractivity contribution in [1.29, 1.82) is 5.26 Å². The Bertz CT molecular complexity index is 1410. The van der Waals surface area contributed by atoms with Gasteiger partial charge in [-0.15, -0.1) is 0 Å². The van der Waals surface area contributed by atoms with Crippen molar-refractivity contribution in [2.75, 3.05) is 37.6 Å². The number of piperazine rings is 1. The van der Waals surface area contributed by atoms with Crippen molar-refractivity contribution < 1.29 is 14.7 Å². The molecule has 0 atom stereocenters. The Kier molecular flexibility index (Phi) is 9.22. The van der Waals surface area contributed by atoms with Gasteiger partial charge >= 0.3 is 5.97 Å². The third kappa shape index (κ3) is 6.24. The van der Waals surface area contributed by atoms with Crippen molar-refractivity contribution in [3.05, 3.63) is 67.8 Å². The molecule has 0 spiro atoms. The molecule has 2 aliphatic rings. The zero-order chi connectivity index (χ0) is 28.1. The number of thioether (sulfide) groups is 1. The van der Waals surface area contributed by atoms with Crippen LogP contribution in [-0.4, -0.2) is 68.4 Å². The molecule has 9 nitrogen and oxygen atoms in total. The highest BCUT2D eigenvalue weighted by atomic mass is 32.2. The zero-order valence-electron chi connectivity index (χ0n) is 22.1. The van der Waals surface area contributed by atoms with E-state index in [0.29, 0.717) is 36.6 Å². The number of carboxylic acid groups (broad SMARTS) is 1. The first-order valence-electron chi connectivity index (χ1n) is 12.9. The number of nitrogens with zero attached hydrogens (tertiary/aromatic N) is 5. The number of amides is 1. The second-order valence-electron chi connectivity index (χ2n) is 9.57. The highest BCUT2D eigenvalue weighted by Gasteiger charge is 2.34. The molecule has 1 aromatic carbocycles. The molecule has 11 heteroatoms. The van der Waals surface area contributed by atoms with Gasteiger partial charge in [-0.3, -0.25) is 28.8 Å². The fourth-order valence-electron chi connectivity index (χ4n) is 4.87. The summed E-state index contributed by atoms with van der Waals surface area (Å²) in [6.07, 6.45) is 3.30. The summed E-state index contributed by atoms with van der Waals surface area (Å²) in [6, 6.07) is 12.3. The van der Waals surface area contributed by atoms with Gasteiger partial charge in [-0.2, -0.15) is 5.26 Å². The van der Waals surface area contributed by atoms with E-state index in [2.05, 4.69) is 28.0 Å². The quantitative estimate of drug-likeness (QED) is 0.361. The Morgan fingerprint density at radius 1 is 1.18 bits per heavy atom. The number of anilines is 1. The lowest BCUT2D eigenvalue weighted by Crippen LogP contribution is -2.48. The van der Waals surface area contributed by atoms with E-state index in [-0.39, 0.29) is 20.3 Å². The molecule has 2 saturated heterocycles. The van der Waals surface area contributed by atoms with Gasteiger partial charge in [0.15, 0.2) is 0 Å². The van der Waals surface area contributed by atoms with Gasteiger partial charge in [-0.05, 0) is 30.5 Å². The molecule has 4 rings (SSSR count). The monoisotopic (exact) mass is 565 g/mol. The second-order valence-corrected chi connectivity index (χ2v) is 11.2. The maximum absolute atomic E-state index is 13.5. The Morgan fingerprint density at radius 2 is 1.87 bits per heavy atom. The van der Waals surface area contributed by atoms with Crippen LogP contribution in [0.15, 0.2) is 40.0 Å². The van der Waals surface area contributed by atoms with Gasteiger partial charge in [0.2, 0.25) is 0 Å². The number of nitriles is 1. The lowest BCUT2D eigenvalue weighted by molar-refractivity contribution is -0.140. The topological polar surface area (TPSA) is 110 Å². The van der Waals surface area contributed by atoms with Crippen LogP contribution in [0.25, 0.3) is 6.08 Å². The van der Waals surface area contributed by atoms with Crippen LogP contribution < -0.4 is 10.5 Å². The number of thiocarbonyl (C=S) groups is 1. The van der Waals surface area contributed by atoms with Gasteiger partial charge in [0, 0.05) is 44.8 Å². The largest absolute Gasteiger partial charge is 0.480 e. The van der Waals surface area contributed by atoms with Crippen LogP contribution in [0, 0.1) is 18.3 Å². The number of aliphatic carboxylic acids is 1. The highest BCUT2D eigenvalue weighted by molar-refractivity contribution is 8.26. The molecule has 2 aliphatic heterocycles. The van der Waals surface area contributed by atoms with Crippen molar-refractivity contribution in [2.24, 2.45) is 0 Å². The Balaban J connectivity index is 1.75.